The second-order valence-electron chi connectivity index (χ2n) is 4.42. The third-order valence-electron chi connectivity index (χ3n) is 2.71. The van der Waals surface area contributed by atoms with E-state index in [0.29, 0.717) is 24.5 Å². The molecular weight excluding hydrogens is 278 g/mol. The first-order valence-corrected chi connectivity index (χ1v) is 7.70. The van der Waals surface area contributed by atoms with Crippen LogP contribution in [0.5, 0.6) is 0 Å². The molecule has 0 saturated carbocycles. The fraction of sp³-hybridized carbons (Fsp3) is 0.615. The smallest absolute Gasteiger partial charge is 0.355 e. The lowest BCUT2D eigenvalue weighted by Crippen LogP contribution is -2.37. The second kappa shape index (κ2) is 9.30. The summed E-state index contributed by atoms with van der Waals surface area (Å²) in [5, 5.41) is 16.5. The zero-order valence-corrected chi connectivity index (χ0v) is 12.5. The zero-order chi connectivity index (χ0) is 14.8. The minimum absolute atomic E-state index is 0.0605. The van der Waals surface area contributed by atoms with Gasteiger partial charge in [-0.3, -0.25) is 0 Å². The quantitative estimate of drug-likeness (QED) is 0.610. The van der Waals surface area contributed by atoms with E-state index in [1.54, 1.807) is 0 Å². The number of carboxylic acids is 1. The molecule has 1 rings (SSSR count). The number of aromatic carboxylic acids is 1. The first-order valence-electron chi connectivity index (χ1n) is 6.83. The molecule has 112 valence electrons. The Morgan fingerprint density at radius 3 is 2.65 bits per heavy atom. The number of amides is 2. The molecule has 0 bridgehead atoms. The van der Waals surface area contributed by atoms with E-state index in [4.69, 9.17) is 5.11 Å². The molecule has 0 fully saturated rings. The van der Waals surface area contributed by atoms with Crippen LogP contribution in [0.15, 0.2) is 5.38 Å². The predicted octanol–water partition coefficient (Wildman–Crippen LogP) is 2.26. The van der Waals surface area contributed by atoms with Gasteiger partial charge in [-0.1, -0.05) is 26.2 Å². The monoisotopic (exact) mass is 299 g/mol. The van der Waals surface area contributed by atoms with Crippen LogP contribution in [-0.4, -0.2) is 35.2 Å². The Morgan fingerprint density at radius 1 is 1.25 bits per heavy atom. The SMILES string of the molecule is CCCCCCNC(=O)NCCc1nc(C(=O)O)cs1. The van der Waals surface area contributed by atoms with Crippen LogP contribution in [0.25, 0.3) is 0 Å². The highest BCUT2D eigenvalue weighted by Crippen LogP contribution is 2.09. The van der Waals surface area contributed by atoms with Crippen molar-refractivity contribution in [2.75, 3.05) is 13.1 Å². The summed E-state index contributed by atoms with van der Waals surface area (Å²) >= 11 is 1.29. The van der Waals surface area contributed by atoms with Crippen LogP contribution in [0.2, 0.25) is 0 Å². The van der Waals surface area contributed by atoms with Gasteiger partial charge in [0.1, 0.15) is 0 Å². The van der Waals surface area contributed by atoms with Crippen LogP contribution < -0.4 is 10.6 Å². The Kier molecular flexibility index (Phi) is 7.64. The van der Waals surface area contributed by atoms with Gasteiger partial charge in [0.15, 0.2) is 5.69 Å². The highest BCUT2D eigenvalue weighted by atomic mass is 32.1. The minimum Gasteiger partial charge on any atom is -0.476 e. The molecule has 2 amide bonds. The number of carbonyl (C=O) groups is 2. The summed E-state index contributed by atoms with van der Waals surface area (Å²) in [7, 11) is 0. The normalized spacial score (nSPS) is 10.2. The number of hydrogen-bond donors (Lipinski definition) is 3. The molecule has 0 aliphatic carbocycles. The van der Waals surface area contributed by atoms with Gasteiger partial charge < -0.3 is 15.7 Å². The number of nitrogens with zero attached hydrogens (tertiary/aromatic N) is 1. The minimum atomic E-state index is -1.02. The summed E-state index contributed by atoms with van der Waals surface area (Å²) in [6, 6.07) is -0.184. The third-order valence-corrected chi connectivity index (χ3v) is 3.62. The molecule has 1 aromatic rings. The highest BCUT2D eigenvalue weighted by Gasteiger charge is 2.08. The number of rotatable bonds is 9. The molecule has 3 N–H and O–H groups in total. The van der Waals surface area contributed by atoms with Crippen molar-refractivity contribution in [3.63, 3.8) is 0 Å². The maximum atomic E-state index is 11.4. The van der Waals surface area contributed by atoms with Gasteiger partial charge in [-0.2, -0.15) is 0 Å². The number of aromatic nitrogens is 1. The summed E-state index contributed by atoms with van der Waals surface area (Å²) in [4.78, 5) is 26.0. The van der Waals surface area contributed by atoms with E-state index in [2.05, 4.69) is 22.5 Å². The average Bonchev–Trinajstić information content (AvgIpc) is 2.87. The van der Waals surface area contributed by atoms with Crippen LogP contribution in [0.1, 0.15) is 48.1 Å². The fourth-order valence-corrected chi connectivity index (χ4v) is 2.40. The van der Waals surface area contributed by atoms with Crippen molar-refractivity contribution in [2.24, 2.45) is 0 Å². The van der Waals surface area contributed by atoms with E-state index in [-0.39, 0.29) is 11.7 Å². The molecule has 0 spiro atoms. The molecule has 1 aromatic heterocycles. The van der Waals surface area contributed by atoms with Crippen molar-refractivity contribution in [3.8, 4) is 0 Å². The van der Waals surface area contributed by atoms with Gasteiger partial charge in [-0.15, -0.1) is 11.3 Å². The Morgan fingerprint density at radius 2 is 2.00 bits per heavy atom. The van der Waals surface area contributed by atoms with Crippen molar-refractivity contribution in [2.45, 2.75) is 39.0 Å². The second-order valence-corrected chi connectivity index (χ2v) is 5.37. The van der Waals surface area contributed by atoms with Gasteiger partial charge >= 0.3 is 12.0 Å². The van der Waals surface area contributed by atoms with Gasteiger partial charge in [0, 0.05) is 24.9 Å². The van der Waals surface area contributed by atoms with Crippen LogP contribution in [0.3, 0.4) is 0 Å². The Balaban J connectivity index is 2.10. The third kappa shape index (κ3) is 6.51. The number of carboxylic acid groups (broad SMARTS) is 1. The van der Waals surface area contributed by atoms with E-state index >= 15 is 0 Å². The summed E-state index contributed by atoms with van der Waals surface area (Å²) < 4.78 is 0. The number of urea groups is 1. The van der Waals surface area contributed by atoms with Crippen molar-refractivity contribution < 1.29 is 14.7 Å². The number of carbonyl (C=O) groups excluding carboxylic acids is 1. The number of hydrogen-bond acceptors (Lipinski definition) is 4. The highest BCUT2D eigenvalue weighted by molar-refractivity contribution is 7.09. The molecule has 20 heavy (non-hydrogen) atoms. The standard InChI is InChI=1S/C13H21N3O3S/c1-2-3-4-5-7-14-13(19)15-8-6-11-16-10(9-20-11)12(17)18/h9H,2-8H2,1H3,(H,17,18)(H2,14,15,19). The van der Waals surface area contributed by atoms with Gasteiger partial charge in [-0.05, 0) is 6.42 Å². The fourth-order valence-electron chi connectivity index (χ4n) is 1.62. The molecule has 0 aromatic carbocycles. The van der Waals surface area contributed by atoms with Gasteiger partial charge in [0.2, 0.25) is 0 Å². The van der Waals surface area contributed by atoms with E-state index in [0.717, 1.165) is 12.8 Å². The molecule has 0 atom stereocenters. The van der Waals surface area contributed by atoms with Gasteiger partial charge in [0.25, 0.3) is 0 Å². The van der Waals surface area contributed by atoms with Crippen LogP contribution in [0.4, 0.5) is 4.79 Å². The van der Waals surface area contributed by atoms with E-state index in [9.17, 15) is 9.59 Å². The van der Waals surface area contributed by atoms with Crippen LogP contribution >= 0.6 is 11.3 Å². The maximum absolute atomic E-state index is 11.4. The molecular formula is C13H21N3O3S. The molecule has 0 unspecified atom stereocenters. The van der Waals surface area contributed by atoms with Gasteiger partial charge in [0.05, 0.1) is 5.01 Å². The summed E-state index contributed by atoms with van der Waals surface area (Å²) in [6.07, 6.45) is 5.04. The van der Waals surface area contributed by atoms with E-state index in [1.807, 2.05) is 0 Å². The summed E-state index contributed by atoms with van der Waals surface area (Å²) in [5.74, 6) is -1.02. The van der Waals surface area contributed by atoms with E-state index in [1.165, 1.54) is 29.6 Å². The molecule has 7 heteroatoms. The van der Waals surface area contributed by atoms with E-state index < -0.39 is 5.97 Å². The largest absolute Gasteiger partial charge is 0.476 e. The first-order chi connectivity index (χ1) is 9.63. The lowest BCUT2D eigenvalue weighted by Gasteiger charge is -2.06. The van der Waals surface area contributed by atoms with Crippen molar-refractivity contribution >= 4 is 23.3 Å². The van der Waals surface area contributed by atoms with Gasteiger partial charge in [-0.25, -0.2) is 14.6 Å². The molecule has 0 aliphatic heterocycles. The molecule has 1 heterocycles. The number of nitrogens with one attached hydrogen (secondary N) is 2. The maximum Gasteiger partial charge on any atom is 0.355 e. The van der Waals surface area contributed by atoms with Crippen molar-refractivity contribution in [1.82, 2.24) is 15.6 Å². The number of thiazole rings is 1. The lowest BCUT2D eigenvalue weighted by molar-refractivity contribution is 0.0691. The zero-order valence-electron chi connectivity index (χ0n) is 11.6. The lowest BCUT2D eigenvalue weighted by atomic mass is 10.2. The first kappa shape index (κ1) is 16.4. The topological polar surface area (TPSA) is 91.3 Å². The summed E-state index contributed by atoms with van der Waals surface area (Å²) in [6.45, 7) is 3.29. The Hall–Kier alpha value is -1.63. The van der Waals surface area contributed by atoms with Crippen molar-refractivity contribution in [3.05, 3.63) is 16.1 Å². The molecule has 0 aliphatic rings. The molecule has 6 nitrogen and oxygen atoms in total. The average molecular weight is 299 g/mol. The summed E-state index contributed by atoms with van der Waals surface area (Å²) in [5.41, 5.74) is 0.0605. The Labute approximate surface area is 122 Å². The van der Waals surface area contributed by atoms with Crippen molar-refractivity contribution in [1.29, 1.82) is 0 Å². The predicted molar refractivity (Wildman–Crippen MR) is 78.3 cm³/mol. The molecule has 0 radical (unpaired) electrons. The number of unbranched alkanes of at least 4 members (excludes halogenated alkanes) is 3. The van der Waals surface area contributed by atoms with Crippen LogP contribution in [-0.2, 0) is 6.42 Å². The van der Waals surface area contributed by atoms with Crippen LogP contribution in [0, 0.1) is 0 Å². The Bertz CT molecular complexity index is 434. The molecule has 0 saturated heterocycles.